The Morgan fingerprint density at radius 3 is 2.86 bits per heavy atom. The standard InChI is InChI=1S/C14H17N5O2/c1-9-17-18-12-8-11(4-7-19(9)12)14(21)16-13(20)10-2-5-15-6-3-10/h4,7-8,10,15H,2-3,5-6H2,1H3,(H,16,20,21). The van der Waals surface area contributed by atoms with E-state index in [1.165, 1.54) is 0 Å². The van der Waals surface area contributed by atoms with Gasteiger partial charge in [-0.3, -0.25) is 19.3 Å². The van der Waals surface area contributed by atoms with Gasteiger partial charge in [-0.05, 0) is 45.0 Å². The van der Waals surface area contributed by atoms with Crippen LogP contribution in [0.4, 0.5) is 0 Å². The Balaban J connectivity index is 1.72. The second-order valence-corrected chi connectivity index (χ2v) is 5.23. The molecule has 0 saturated carbocycles. The van der Waals surface area contributed by atoms with Crippen LogP contribution >= 0.6 is 0 Å². The maximum Gasteiger partial charge on any atom is 0.258 e. The van der Waals surface area contributed by atoms with Gasteiger partial charge in [0.25, 0.3) is 5.91 Å². The number of carbonyl (C=O) groups excluding carboxylic acids is 2. The topological polar surface area (TPSA) is 88.4 Å². The molecule has 1 fully saturated rings. The summed E-state index contributed by atoms with van der Waals surface area (Å²) in [6.45, 7) is 3.47. The van der Waals surface area contributed by atoms with Crippen LogP contribution < -0.4 is 10.6 Å². The van der Waals surface area contributed by atoms with Crippen molar-refractivity contribution in [3.63, 3.8) is 0 Å². The summed E-state index contributed by atoms with van der Waals surface area (Å²) >= 11 is 0. The van der Waals surface area contributed by atoms with E-state index in [1.807, 2.05) is 6.92 Å². The third-order valence-electron chi connectivity index (χ3n) is 3.79. The van der Waals surface area contributed by atoms with Gasteiger partial charge in [0.2, 0.25) is 5.91 Å². The Morgan fingerprint density at radius 1 is 1.33 bits per heavy atom. The van der Waals surface area contributed by atoms with Crippen LogP contribution in [0.1, 0.15) is 29.0 Å². The lowest BCUT2D eigenvalue weighted by atomic mass is 9.97. The van der Waals surface area contributed by atoms with Crippen LogP contribution in [0.25, 0.3) is 5.65 Å². The molecule has 3 heterocycles. The average Bonchev–Trinajstić information content (AvgIpc) is 2.89. The van der Waals surface area contributed by atoms with Gasteiger partial charge in [-0.2, -0.15) is 0 Å². The monoisotopic (exact) mass is 287 g/mol. The zero-order chi connectivity index (χ0) is 14.8. The number of rotatable bonds is 2. The van der Waals surface area contributed by atoms with E-state index in [0.717, 1.165) is 31.8 Å². The summed E-state index contributed by atoms with van der Waals surface area (Å²) in [4.78, 5) is 24.2. The molecule has 1 aliphatic heterocycles. The number of nitrogens with zero attached hydrogens (tertiary/aromatic N) is 3. The van der Waals surface area contributed by atoms with E-state index in [2.05, 4.69) is 20.8 Å². The molecular weight excluding hydrogens is 270 g/mol. The third-order valence-corrected chi connectivity index (χ3v) is 3.79. The van der Waals surface area contributed by atoms with Gasteiger partial charge in [0.05, 0.1) is 0 Å². The first-order chi connectivity index (χ1) is 10.1. The quantitative estimate of drug-likeness (QED) is 0.775. The average molecular weight is 287 g/mol. The molecule has 2 N–H and O–H groups in total. The maximum absolute atomic E-state index is 12.1. The fourth-order valence-corrected chi connectivity index (χ4v) is 2.52. The van der Waals surface area contributed by atoms with Crippen LogP contribution in [-0.4, -0.2) is 39.5 Å². The number of fused-ring (bicyclic) bond motifs is 1. The molecule has 3 rings (SSSR count). The van der Waals surface area contributed by atoms with E-state index >= 15 is 0 Å². The smallest absolute Gasteiger partial charge is 0.258 e. The Bertz CT molecular complexity index is 688. The van der Waals surface area contributed by atoms with Gasteiger partial charge >= 0.3 is 0 Å². The lowest BCUT2D eigenvalue weighted by Gasteiger charge is -2.21. The molecule has 0 aliphatic carbocycles. The van der Waals surface area contributed by atoms with Crippen LogP contribution in [0.15, 0.2) is 18.3 Å². The first-order valence-electron chi connectivity index (χ1n) is 7.02. The highest BCUT2D eigenvalue weighted by atomic mass is 16.2. The first kappa shape index (κ1) is 13.7. The highest BCUT2D eigenvalue weighted by Gasteiger charge is 2.23. The third kappa shape index (κ3) is 2.78. The van der Waals surface area contributed by atoms with Gasteiger partial charge in [-0.15, -0.1) is 10.2 Å². The second-order valence-electron chi connectivity index (χ2n) is 5.23. The number of aryl methyl sites for hydroxylation is 1. The van der Waals surface area contributed by atoms with Crippen LogP contribution in [0, 0.1) is 12.8 Å². The van der Waals surface area contributed by atoms with Gasteiger partial charge in [0.1, 0.15) is 5.82 Å². The predicted molar refractivity (Wildman–Crippen MR) is 75.8 cm³/mol. The Labute approximate surface area is 121 Å². The number of nitrogens with one attached hydrogen (secondary N) is 2. The molecule has 2 aromatic heterocycles. The molecule has 1 aliphatic rings. The molecule has 0 aromatic carbocycles. The Kier molecular flexibility index (Phi) is 3.66. The first-order valence-corrected chi connectivity index (χ1v) is 7.02. The lowest BCUT2D eigenvalue weighted by molar-refractivity contribution is -0.124. The minimum atomic E-state index is -0.387. The minimum Gasteiger partial charge on any atom is -0.317 e. The summed E-state index contributed by atoms with van der Waals surface area (Å²) in [5, 5.41) is 13.6. The molecule has 0 atom stereocenters. The van der Waals surface area contributed by atoms with Crippen LogP contribution in [0.3, 0.4) is 0 Å². The van der Waals surface area contributed by atoms with E-state index in [4.69, 9.17) is 0 Å². The van der Waals surface area contributed by atoms with Crippen LogP contribution in [-0.2, 0) is 4.79 Å². The number of imide groups is 1. The zero-order valence-electron chi connectivity index (χ0n) is 11.8. The molecule has 7 nitrogen and oxygen atoms in total. The summed E-state index contributed by atoms with van der Waals surface area (Å²) < 4.78 is 1.78. The zero-order valence-corrected chi connectivity index (χ0v) is 11.8. The fraction of sp³-hybridized carbons (Fsp3) is 0.429. The van der Waals surface area contributed by atoms with E-state index in [-0.39, 0.29) is 17.7 Å². The van der Waals surface area contributed by atoms with E-state index in [9.17, 15) is 9.59 Å². The second kappa shape index (κ2) is 5.61. The van der Waals surface area contributed by atoms with Crippen molar-refractivity contribution < 1.29 is 9.59 Å². The summed E-state index contributed by atoms with van der Waals surface area (Å²) in [6, 6.07) is 3.29. The number of pyridine rings is 1. The molecule has 1 saturated heterocycles. The predicted octanol–water partition coefficient (Wildman–Crippen LogP) is 0.294. The lowest BCUT2D eigenvalue weighted by Crippen LogP contribution is -2.40. The summed E-state index contributed by atoms with van der Waals surface area (Å²) in [5.74, 6) is 0.0812. The van der Waals surface area contributed by atoms with Gasteiger partial charge in [0, 0.05) is 17.7 Å². The van der Waals surface area contributed by atoms with E-state index in [0.29, 0.717) is 11.2 Å². The molecule has 0 unspecified atom stereocenters. The molecule has 2 amide bonds. The van der Waals surface area contributed by atoms with Crippen molar-refractivity contribution in [2.45, 2.75) is 19.8 Å². The SMILES string of the molecule is Cc1nnc2cc(C(=O)NC(=O)C3CCNCC3)ccn12. The van der Waals surface area contributed by atoms with Gasteiger partial charge < -0.3 is 5.32 Å². The molecule has 0 spiro atoms. The molecule has 0 radical (unpaired) electrons. The van der Waals surface area contributed by atoms with Crippen LogP contribution in [0.5, 0.6) is 0 Å². The summed E-state index contributed by atoms with van der Waals surface area (Å²) in [5.41, 5.74) is 1.01. The number of hydrogen-bond acceptors (Lipinski definition) is 5. The number of piperidine rings is 1. The largest absolute Gasteiger partial charge is 0.317 e. The van der Waals surface area contributed by atoms with Crippen molar-refractivity contribution in [3.05, 3.63) is 29.7 Å². The summed E-state index contributed by atoms with van der Waals surface area (Å²) in [7, 11) is 0. The number of hydrogen-bond donors (Lipinski definition) is 2. The normalized spacial score (nSPS) is 16.0. The van der Waals surface area contributed by atoms with Crippen molar-refractivity contribution in [1.29, 1.82) is 0 Å². The van der Waals surface area contributed by atoms with Crippen molar-refractivity contribution in [2.24, 2.45) is 5.92 Å². The van der Waals surface area contributed by atoms with Crippen molar-refractivity contribution >= 4 is 17.5 Å². The molecule has 7 heteroatoms. The number of aromatic nitrogens is 3. The molecule has 110 valence electrons. The minimum absolute atomic E-state index is 0.0886. The number of carbonyl (C=O) groups is 2. The van der Waals surface area contributed by atoms with Crippen molar-refractivity contribution in [2.75, 3.05) is 13.1 Å². The van der Waals surface area contributed by atoms with Crippen molar-refractivity contribution in [3.8, 4) is 0 Å². The Morgan fingerprint density at radius 2 is 2.10 bits per heavy atom. The highest BCUT2D eigenvalue weighted by molar-refractivity contribution is 6.05. The number of amides is 2. The van der Waals surface area contributed by atoms with Crippen molar-refractivity contribution in [1.82, 2.24) is 25.2 Å². The van der Waals surface area contributed by atoms with Gasteiger partial charge in [-0.25, -0.2) is 0 Å². The molecular formula is C14H17N5O2. The Hall–Kier alpha value is -2.28. The van der Waals surface area contributed by atoms with Gasteiger partial charge in [0.15, 0.2) is 5.65 Å². The van der Waals surface area contributed by atoms with E-state index < -0.39 is 0 Å². The van der Waals surface area contributed by atoms with Gasteiger partial charge in [-0.1, -0.05) is 0 Å². The van der Waals surface area contributed by atoms with E-state index in [1.54, 1.807) is 22.7 Å². The molecule has 0 bridgehead atoms. The highest BCUT2D eigenvalue weighted by Crippen LogP contribution is 2.12. The maximum atomic E-state index is 12.1. The molecule has 2 aromatic rings. The summed E-state index contributed by atoms with van der Waals surface area (Å²) in [6.07, 6.45) is 3.26. The fourth-order valence-electron chi connectivity index (χ4n) is 2.52. The molecule has 21 heavy (non-hydrogen) atoms. The van der Waals surface area contributed by atoms with Crippen LogP contribution in [0.2, 0.25) is 0 Å².